The standard InChI is InChI=1S/C18H15F4N3O3/c1-25(2)6-5-23-12-8-13(26)14-16(15(12)27)28-17(24-14)10-4-3-9(19)7-11(10)18(20,21)22/h3-4,7-8,23H,5-6H2,1-2H3. The van der Waals surface area contributed by atoms with Gasteiger partial charge in [0.1, 0.15) is 5.82 Å². The van der Waals surface area contributed by atoms with Crippen LogP contribution in [-0.4, -0.2) is 48.6 Å². The summed E-state index contributed by atoms with van der Waals surface area (Å²) in [5.41, 5.74) is -2.29. The number of Topliss-reactive ketones (excluding diaryl/α,β-unsaturated/α-hetero) is 1. The monoisotopic (exact) mass is 397 g/mol. The molecule has 1 heterocycles. The lowest BCUT2D eigenvalue weighted by Gasteiger charge is -2.14. The van der Waals surface area contributed by atoms with Gasteiger partial charge in [-0.2, -0.15) is 13.2 Å². The number of rotatable bonds is 5. The van der Waals surface area contributed by atoms with E-state index in [4.69, 9.17) is 4.42 Å². The van der Waals surface area contributed by atoms with Gasteiger partial charge in [0.15, 0.2) is 5.69 Å². The molecule has 3 rings (SSSR count). The zero-order valence-electron chi connectivity index (χ0n) is 14.9. The van der Waals surface area contributed by atoms with Crippen LogP contribution in [0.15, 0.2) is 34.4 Å². The van der Waals surface area contributed by atoms with Crippen LogP contribution in [0.1, 0.15) is 26.6 Å². The number of aromatic nitrogens is 1. The van der Waals surface area contributed by atoms with Crippen molar-refractivity contribution in [2.75, 3.05) is 27.2 Å². The molecule has 10 heteroatoms. The number of likely N-dealkylation sites (N-methyl/N-ethyl adjacent to an activating group) is 1. The quantitative estimate of drug-likeness (QED) is 0.782. The number of allylic oxidation sites excluding steroid dienone is 2. The maximum absolute atomic E-state index is 13.3. The molecular formula is C18H15F4N3O3. The molecule has 28 heavy (non-hydrogen) atoms. The van der Waals surface area contributed by atoms with Crippen molar-refractivity contribution in [2.24, 2.45) is 0 Å². The molecule has 0 aliphatic heterocycles. The summed E-state index contributed by atoms with van der Waals surface area (Å²) in [5.74, 6) is -3.49. The average molecular weight is 397 g/mol. The van der Waals surface area contributed by atoms with E-state index in [-0.39, 0.29) is 11.4 Å². The number of fused-ring (bicyclic) bond motifs is 1. The second-order valence-corrected chi connectivity index (χ2v) is 6.37. The number of nitrogens with zero attached hydrogens (tertiary/aromatic N) is 2. The first-order valence-corrected chi connectivity index (χ1v) is 8.15. The number of halogens is 4. The van der Waals surface area contributed by atoms with Crippen molar-refractivity contribution < 1.29 is 31.6 Å². The van der Waals surface area contributed by atoms with Crippen molar-refractivity contribution in [1.29, 1.82) is 0 Å². The van der Waals surface area contributed by atoms with Crippen LogP contribution in [0.2, 0.25) is 0 Å². The SMILES string of the molecule is CN(C)CCNC1=CC(=O)c2nc(-c3ccc(F)cc3C(F)(F)F)oc2C1=O. The summed E-state index contributed by atoms with van der Waals surface area (Å²) in [5, 5.41) is 2.80. The van der Waals surface area contributed by atoms with Gasteiger partial charge in [0.05, 0.1) is 11.3 Å². The number of hydrogen-bond donors (Lipinski definition) is 1. The van der Waals surface area contributed by atoms with Crippen molar-refractivity contribution >= 4 is 11.6 Å². The Morgan fingerprint density at radius 1 is 1.21 bits per heavy atom. The lowest BCUT2D eigenvalue weighted by molar-refractivity contribution is -0.137. The summed E-state index contributed by atoms with van der Waals surface area (Å²) < 4.78 is 58.2. The zero-order valence-corrected chi connectivity index (χ0v) is 14.9. The van der Waals surface area contributed by atoms with Gasteiger partial charge in [-0.3, -0.25) is 9.59 Å². The fourth-order valence-electron chi connectivity index (χ4n) is 2.63. The Bertz CT molecular complexity index is 977. The van der Waals surface area contributed by atoms with Crippen molar-refractivity contribution in [3.63, 3.8) is 0 Å². The first kappa shape index (κ1) is 19.7. The van der Waals surface area contributed by atoms with Crippen LogP contribution in [0.25, 0.3) is 11.5 Å². The maximum atomic E-state index is 13.3. The van der Waals surface area contributed by atoms with Gasteiger partial charge in [0.2, 0.25) is 23.2 Å². The Kier molecular flexibility index (Phi) is 5.07. The normalized spacial score (nSPS) is 14.3. The predicted octanol–water partition coefficient (Wildman–Crippen LogP) is 2.91. The molecule has 0 saturated heterocycles. The van der Waals surface area contributed by atoms with Crippen LogP contribution in [-0.2, 0) is 6.18 Å². The number of ketones is 2. The van der Waals surface area contributed by atoms with Gasteiger partial charge in [0.25, 0.3) is 0 Å². The molecule has 0 atom stereocenters. The third kappa shape index (κ3) is 3.81. The van der Waals surface area contributed by atoms with Gasteiger partial charge in [0, 0.05) is 24.7 Å². The maximum Gasteiger partial charge on any atom is 0.417 e. The van der Waals surface area contributed by atoms with E-state index in [0.717, 1.165) is 18.2 Å². The van der Waals surface area contributed by atoms with Crippen molar-refractivity contribution in [3.05, 3.63) is 52.8 Å². The minimum Gasteiger partial charge on any atom is -0.432 e. The number of alkyl halides is 3. The van der Waals surface area contributed by atoms with Crippen LogP contribution in [0.3, 0.4) is 0 Å². The Morgan fingerprint density at radius 2 is 1.93 bits per heavy atom. The van der Waals surface area contributed by atoms with Gasteiger partial charge >= 0.3 is 6.18 Å². The molecule has 0 radical (unpaired) electrons. The molecule has 1 aromatic heterocycles. The van der Waals surface area contributed by atoms with Gasteiger partial charge in [-0.25, -0.2) is 9.37 Å². The van der Waals surface area contributed by atoms with E-state index in [1.807, 2.05) is 19.0 Å². The summed E-state index contributed by atoms with van der Waals surface area (Å²) in [7, 11) is 3.65. The molecular weight excluding hydrogens is 382 g/mol. The lowest BCUT2D eigenvalue weighted by Crippen LogP contribution is -2.31. The van der Waals surface area contributed by atoms with E-state index in [0.29, 0.717) is 19.2 Å². The van der Waals surface area contributed by atoms with E-state index < -0.39 is 46.3 Å². The molecule has 148 valence electrons. The van der Waals surface area contributed by atoms with Crippen LogP contribution < -0.4 is 5.32 Å². The van der Waals surface area contributed by atoms with Crippen LogP contribution in [0, 0.1) is 5.82 Å². The van der Waals surface area contributed by atoms with Crippen molar-refractivity contribution in [3.8, 4) is 11.5 Å². The minimum atomic E-state index is -4.88. The fraction of sp³-hybridized carbons (Fsp3) is 0.278. The van der Waals surface area contributed by atoms with Crippen molar-refractivity contribution in [2.45, 2.75) is 6.18 Å². The van der Waals surface area contributed by atoms with E-state index in [2.05, 4.69) is 10.3 Å². The number of carbonyl (C=O) groups excluding carboxylic acids is 2. The van der Waals surface area contributed by atoms with Crippen molar-refractivity contribution in [1.82, 2.24) is 15.2 Å². The number of oxazole rings is 1. The molecule has 0 spiro atoms. The summed E-state index contributed by atoms with van der Waals surface area (Å²) in [4.78, 5) is 30.4. The number of carbonyl (C=O) groups is 2. The molecule has 1 aromatic carbocycles. The summed E-state index contributed by atoms with van der Waals surface area (Å²) in [6.45, 7) is 0.947. The van der Waals surface area contributed by atoms with Gasteiger partial charge < -0.3 is 14.6 Å². The third-order valence-electron chi connectivity index (χ3n) is 3.98. The number of nitrogens with one attached hydrogen (secondary N) is 1. The predicted molar refractivity (Wildman–Crippen MR) is 90.2 cm³/mol. The molecule has 0 bridgehead atoms. The zero-order chi connectivity index (χ0) is 20.6. The molecule has 1 aliphatic rings. The first-order valence-electron chi connectivity index (χ1n) is 8.15. The molecule has 0 fully saturated rings. The summed E-state index contributed by atoms with van der Waals surface area (Å²) in [6.07, 6.45) is -3.85. The van der Waals surface area contributed by atoms with E-state index >= 15 is 0 Å². The smallest absolute Gasteiger partial charge is 0.417 e. The van der Waals surface area contributed by atoms with Crippen LogP contribution in [0.5, 0.6) is 0 Å². The molecule has 6 nitrogen and oxygen atoms in total. The van der Waals surface area contributed by atoms with Gasteiger partial charge in [-0.1, -0.05) is 0 Å². The topological polar surface area (TPSA) is 75.4 Å². The molecule has 2 aromatic rings. The number of benzene rings is 1. The third-order valence-corrected chi connectivity index (χ3v) is 3.98. The van der Waals surface area contributed by atoms with Crippen LogP contribution in [0.4, 0.5) is 17.6 Å². The first-order chi connectivity index (χ1) is 13.1. The average Bonchev–Trinajstić information content (AvgIpc) is 3.04. The second-order valence-electron chi connectivity index (χ2n) is 6.37. The highest BCUT2D eigenvalue weighted by Crippen LogP contribution is 2.38. The summed E-state index contributed by atoms with van der Waals surface area (Å²) in [6, 6.07) is 1.95. The van der Waals surface area contributed by atoms with E-state index in [1.54, 1.807) is 0 Å². The minimum absolute atomic E-state index is 0.0304. The highest BCUT2D eigenvalue weighted by atomic mass is 19.4. The summed E-state index contributed by atoms with van der Waals surface area (Å²) >= 11 is 0. The Morgan fingerprint density at radius 3 is 2.57 bits per heavy atom. The molecule has 1 aliphatic carbocycles. The molecule has 0 saturated carbocycles. The largest absolute Gasteiger partial charge is 0.432 e. The molecule has 0 amide bonds. The lowest BCUT2D eigenvalue weighted by atomic mass is 10.0. The van der Waals surface area contributed by atoms with E-state index in [9.17, 15) is 27.2 Å². The number of hydrogen-bond acceptors (Lipinski definition) is 6. The highest BCUT2D eigenvalue weighted by Gasteiger charge is 2.37. The van der Waals surface area contributed by atoms with Crippen LogP contribution >= 0.6 is 0 Å². The van der Waals surface area contributed by atoms with Gasteiger partial charge in [-0.05, 0) is 32.3 Å². The molecule has 1 N–H and O–H groups in total. The molecule has 0 unspecified atom stereocenters. The fourth-order valence-corrected chi connectivity index (χ4v) is 2.63. The Balaban J connectivity index is 1.97. The Labute approximate surface area is 156 Å². The Hall–Kier alpha value is -3.01. The highest BCUT2D eigenvalue weighted by molar-refractivity contribution is 6.22. The van der Waals surface area contributed by atoms with Gasteiger partial charge in [-0.15, -0.1) is 0 Å². The van der Waals surface area contributed by atoms with E-state index in [1.165, 1.54) is 0 Å². The second kappa shape index (κ2) is 7.19.